The normalized spacial score (nSPS) is 12.5. The highest BCUT2D eigenvalue weighted by Gasteiger charge is 2.30. The molecule has 2 rings (SSSR count). The first-order valence-corrected chi connectivity index (χ1v) is 5.45. The number of rotatable bonds is 3. The summed E-state index contributed by atoms with van der Waals surface area (Å²) in [6, 6.07) is 4.29. The van der Waals surface area contributed by atoms with E-state index < -0.39 is 23.6 Å². The lowest BCUT2D eigenvalue weighted by Crippen LogP contribution is -2.43. The third kappa shape index (κ3) is 3.61. The molecule has 0 radical (unpaired) electrons. The Hall–Kier alpha value is -2.78. The van der Waals surface area contributed by atoms with Crippen LogP contribution >= 0.6 is 0 Å². The molecule has 10 heteroatoms. The van der Waals surface area contributed by atoms with E-state index in [1.165, 1.54) is 7.05 Å². The number of alkyl halides is 3. The first-order valence-electron chi connectivity index (χ1n) is 5.45. The van der Waals surface area contributed by atoms with Gasteiger partial charge in [0.05, 0.1) is 11.6 Å². The van der Waals surface area contributed by atoms with E-state index in [0.29, 0.717) is 0 Å². The highest BCUT2D eigenvalue weighted by atomic mass is 19.4. The summed E-state index contributed by atoms with van der Waals surface area (Å²) in [5, 5.41) is 13.9. The number of nitrogens with zero attached hydrogens (tertiary/aromatic N) is 2. The summed E-state index contributed by atoms with van der Waals surface area (Å²) in [7, 11) is 1.37. The number of aromatic nitrogens is 2. The minimum atomic E-state index is -4.80. The zero-order chi connectivity index (χ0) is 15.6. The summed E-state index contributed by atoms with van der Waals surface area (Å²) in [5.41, 5.74) is -1.18. The number of aromatic amines is 1. The van der Waals surface area contributed by atoms with Crippen LogP contribution in [0, 0.1) is 0 Å². The topological polar surface area (TPSA) is 94.5 Å². The molecule has 2 aromatic rings. The van der Waals surface area contributed by atoms with Crippen molar-refractivity contribution in [2.45, 2.75) is 6.36 Å². The maximum atomic E-state index is 12.0. The van der Waals surface area contributed by atoms with Crippen molar-refractivity contribution >= 4 is 11.6 Å². The molecule has 0 unspecified atom stereocenters. The van der Waals surface area contributed by atoms with Crippen molar-refractivity contribution < 1.29 is 32.2 Å². The predicted octanol–water partition coefficient (Wildman–Crippen LogP) is 0.130. The summed E-state index contributed by atoms with van der Waals surface area (Å²) < 4.78 is 45.0. The Kier molecular flexibility index (Phi) is 3.70. The van der Waals surface area contributed by atoms with Crippen molar-refractivity contribution in [1.29, 1.82) is 0 Å². The van der Waals surface area contributed by atoms with Gasteiger partial charge in [0.15, 0.2) is 7.05 Å². The number of aliphatic imine (C=N–C) groups is 1. The van der Waals surface area contributed by atoms with Crippen LogP contribution in [0.5, 0.6) is 5.75 Å². The summed E-state index contributed by atoms with van der Waals surface area (Å²) >= 11 is 0. The van der Waals surface area contributed by atoms with Gasteiger partial charge in [-0.1, -0.05) is 4.68 Å². The van der Waals surface area contributed by atoms with Gasteiger partial charge in [0.1, 0.15) is 5.75 Å². The van der Waals surface area contributed by atoms with Crippen LogP contribution in [0.1, 0.15) is 5.69 Å². The van der Waals surface area contributed by atoms with E-state index in [1.54, 1.807) is 0 Å². The van der Waals surface area contributed by atoms with Crippen molar-refractivity contribution in [3.05, 3.63) is 40.4 Å². The lowest BCUT2D eigenvalue weighted by atomic mass is 10.3. The summed E-state index contributed by atoms with van der Waals surface area (Å²) in [6.45, 7) is 0. The number of halogens is 3. The van der Waals surface area contributed by atoms with Crippen molar-refractivity contribution in [3.8, 4) is 5.75 Å². The fourth-order valence-electron chi connectivity index (χ4n) is 1.46. The monoisotopic (exact) mass is 303 g/mol. The zero-order valence-corrected chi connectivity index (χ0v) is 10.5. The Labute approximate surface area is 114 Å². The Balaban J connectivity index is 2.24. The molecule has 0 aliphatic rings. The second-order valence-electron chi connectivity index (χ2n) is 3.85. The Bertz CT molecular complexity index is 716. The average molecular weight is 303 g/mol. The molecule has 1 aromatic heterocycles. The van der Waals surface area contributed by atoms with Crippen LogP contribution in [-0.2, 0) is 7.05 Å². The van der Waals surface area contributed by atoms with Gasteiger partial charge in [0.2, 0.25) is 0 Å². The Morgan fingerprint density at radius 1 is 1.38 bits per heavy atom. The van der Waals surface area contributed by atoms with Gasteiger partial charge in [-0.15, -0.1) is 13.2 Å². The molecule has 0 saturated heterocycles. The first kappa shape index (κ1) is 14.6. The standard InChI is InChI=1S/C11H8F3N3O4/c1-17-8(10(19)21-16-17)9(18)15-6-2-4-7(5-3-6)20-11(12,13)14/h2-5H,1H3,(H-,15,16,18,19). The summed E-state index contributed by atoms with van der Waals surface area (Å²) in [5.74, 6) is -1.34. The van der Waals surface area contributed by atoms with Crippen molar-refractivity contribution in [3.63, 3.8) is 0 Å². The van der Waals surface area contributed by atoms with Crippen LogP contribution in [-0.4, -0.2) is 17.5 Å². The molecule has 1 aromatic carbocycles. The van der Waals surface area contributed by atoms with E-state index in [0.717, 1.165) is 28.9 Å². The third-order valence-corrected chi connectivity index (χ3v) is 2.31. The number of nitrogens with one attached hydrogen (secondary N) is 1. The van der Waals surface area contributed by atoms with Gasteiger partial charge in [-0.3, -0.25) is 9.52 Å². The van der Waals surface area contributed by atoms with E-state index in [1.807, 2.05) is 0 Å². The van der Waals surface area contributed by atoms with Gasteiger partial charge in [-0.05, 0) is 29.5 Å². The summed E-state index contributed by atoms with van der Waals surface area (Å²) in [6.07, 6.45) is -4.80. The van der Waals surface area contributed by atoms with Crippen LogP contribution in [0.15, 0.2) is 38.6 Å². The Morgan fingerprint density at radius 3 is 2.48 bits per heavy atom. The minimum Gasteiger partial charge on any atom is -0.854 e. The van der Waals surface area contributed by atoms with Crippen molar-refractivity contribution in [2.24, 2.45) is 12.0 Å². The molecule has 21 heavy (non-hydrogen) atoms. The van der Waals surface area contributed by atoms with Gasteiger partial charge in [-0.25, -0.2) is 4.79 Å². The van der Waals surface area contributed by atoms with E-state index in [2.05, 4.69) is 19.5 Å². The second-order valence-corrected chi connectivity index (χ2v) is 3.85. The maximum absolute atomic E-state index is 12.0. The van der Waals surface area contributed by atoms with Gasteiger partial charge < -0.3 is 9.84 Å². The van der Waals surface area contributed by atoms with Crippen LogP contribution < -0.4 is 20.2 Å². The smallest absolute Gasteiger partial charge is 0.573 e. The minimum absolute atomic E-state index is 0.0649. The molecule has 0 saturated carbocycles. The van der Waals surface area contributed by atoms with Crippen LogP contribution in [0.25, 0.3) is 0 Å². The Morgan fingerprint density at radius 2 is 2.00 bits per heavy atom. The summed E-state index contributed by atoms with van der Waals surface area (Å²) in [4.78, 5) is 14.8. The van der Waals surface area contributed by atoms with E-state index in [9.17, 15) is 23.1 Å². The highest BCUT2D eigenvalue weighted by molar-refractivity contribution is 5.88. The molecule has 0 bridgehead atoms. The van der Waals surface area contributed by atoms with E-state index >= 15 is 0 Å². The molecule has 0 fully saturated rings. The molecule has 1 N–H and O–H groups in total. The molecular formula is C11H8F3N3O4. The maximum Gasteiger partial charge on any atom is 0.573 e. The molecule has 0 aliphatic heterocycles. The fourth-order valence-corrected chi connectivity index (χ4v) is 1.46. The number of hydrogen-bond acceptors (Lipinski definition) is 5. The van der Waals surface area contributed by atoms with Gasteiger partial charge in [0, 0.05) is 0 Å². The second kappa shape index (κ2) is 5.31. The van der Waals surface area contributed by atoms with Crippen molar-refractivity contribution in [1.82, 2.24) is 5.27 Å². The zero-order valence-electron chi connectivity index (χ0n) is 10.5. The number of H-pyrrole nitrogens is 1. The van der Waals surface area contributed by atoms with E-state index in [-0.39, 0.29) is 11.4 Å². The molecule has 7 nitrogen and oxygen atoms in total. The first-order chi connectivity index (χ1) is 9.76. The SMILES string of the molecule is C[n+]1[nH]oc(=O)c1C([O-])=Nc1ccc(OC(F)(F)F)cc1. The molecule has 0 atom stereocenters. The quantitative estimate of drug-likeness (QED) is 0.495. The molecule has 0 amide bonds. The fraction of sp³-hybridized carbons (Fsp3) is 0.182. The highest BCUT2D eigenvalue weighted by Crippen LogP contribution is 2.24. The average Bonchev–Trinajstić information content (AvgIpc) is 2.70. The molecule has 0 aliphatic carbocycles. The number of ether oxygens (including phenoxy) is 1. The largest absolute Gasteiger partial charge is 0.854 e. The lowest BCUT2D eigenvalue weighted by Gasteiger charge is -2.09. The van der Waals surface area contributed by atoms with Gasteiger partial charge >= 0.3 is 17.7 Å². The van der Waals surface area contributed by atoms with E-state index in [4.69, 9.17) is 0 Å². The number of aryl methyl sites for hydroxylation is 1. The molecule has 1 heterocycles. The lowest BCUT2D eigenvalue weighted by molar-refractivity contribution is -0.742. The van der Waals surface area contributed by atoms with Crippen LogP contribution in [0.3, 0.4) is 0 Å². The number of hydrogen-bond donors (Lipinski definition) is 1. The molecule has 112 valence electrons. The van der Waals surface area contributed by atoms with Gasteiger partial charge in [0.25, 0.3) is 0 Å². The van der Waals surface area contributed by atoms with Crippen LogP contribution in [0.4, 0.5) is 18.9 Å². The van der Waals surface area contributed by atoms with Crippen molar-refractivity contribution in [2.75, 3.05) is 0 Å². The van der Waals surface area contributed by atoms with Gasteiger partial charge in [-0.2, -0.15) is 0 Å². The molecule has 0 spiro atoms. The molecular weight excluding hydrogens is 295 g/mol. The predicted molar refractivity (Wildman–Crippen MR) is 59.8 cm³/mol. The van der Waals surface area contributed by atoms with Crippen LogP contribution in [0.2, 0.25) is 0 Å². The number of benzene rings is 1. The third-order valence-electron chi connectivity index (χ3n) is 2.31.